The van der Waals surface area contributed by atoms with Crippen LogP contribution in [0.1, 0.15) is 61.1 Å². The van der Waals surface area contributed by atoms with Crippen LogP contribution in [0.25, 0.3) is 28.5 Å². The van der Waals surface area contributed by atoms with Crippen LogP contribution < -0.4 is 4.74 Å². The fraction of sp³-hybridized carbons (Fsp3) is 0.231. The lowest BCUT2D eigenvalue weighted by atomic mass is 9.90. The molecule has 1 N–H and O–H groups in total. The van der Waals surface area contributed by atoms with E-state index >= 15 is 0 Å². The minimum atomic E-state index is -0.764. The van der Waals surface area contributed by atoms with Gasteiger partial charge in [-0.2, -0.15) is 0 Å². The maximum absolute atomic E-state index is 12.1. The molecule has 6 heteroatoms. The molecule has 1 unspecified atom stereocenters. The summed E-state index contributed by atoms with van der Waals surface area (Å²) in [7, 11) is 0. The Kier molecular flexibility index (Phi) is 8.94. The topological polar surface area (TPSA) is 81.8 Å². The highest BCUT2D eigenvalue weighted by molar-refractivity contribution is 5.73. The second-order valence-corrected chi connectivity index (χ2v) is 11.6. The van der Waals surface area contributed by atoms with Gasteiger partial charge in [0.15, 0.2) is 5.76 Å². The Labute approximate surface area is 263 Å². The van der Waals surface area contributed by atoms with Crippen molar-refractivity contribution < 1.29 is 23.9 Å². The van der Waals surface area contributed by atoms with Gasteiger partial charge in [-0.3, -0.25) is 4.79 Å². The smallest absolute Gasteiger partial charge is 0.306 e. The van der Waals surface area contributed by atoms with Gasteiger partial charge < -0.3 is 19.1 Å². The van der Waals surface area contributed by atoms with Crippen molar-refractivity contribution in [2.24, 2.45) is 0 Å². The van der Waals surface area contributed by atoms with E-state index in [1.54, 1.807) is 0 Å². The first kappa shape index (κ1) is 30.1. The minimum Gasteiger partial charge on any atom is -0.466 e. The molecule has 0 aliphatic heterocycles. The number of esters is 1. The van der Waals surface area contributed by atoms with Gasteiger partial charge in [-0.25, -0.2) is 0 Å². The molecule has 5 aromatic rings. The summed E-state index contributed by atoms with van der Waals surface area (Å²) in [5.74, 6) is 2.01. The number of rotatable bonds is 12. The third-order valence-corrected chi connectivity index (χ3v) is 8.39. The molecule has 0 bridgehead atoms. The number of ether oxygens (including phenoxy) is 2. The van der Waals surface area contributed by atoms with Crippen molar-refractivity contribution in [3.63, 3.8) is 0 Å². The van der Waals surface area contributed by atoms with Crippen LogP contribution in [0.4, 0.5) is 0 Å². The van der Waals surface area contributed by atoms with Gasteiger partial charge in [-0.15, -0.1) is 0 Å². The largest absolute Gasteiger partial charge is 0.466 e. The molecule has 1 saturated carbocycles. The Morgan fingerprint density at radius 3 is 2.16 bits per heavy atom. The van der Waals surface area contributed by atoms with Crippen LogP contribution in [-0.2, 0) is 14.9 Å². The Hall–Kier alpha value is -4.94. The van der Waals surface area contributed by atoms with E-state index in [0.717, 1.165) is 46.6 Å². The molecule has 0 amide bonds. The number of aliphatic hydroxyl groups excluding tert-OH is 1. The summed E-state index contributed by atoms with van der Waals surface area (Å²) in [4.78, 5) is 12.1. The molecule has 0 radical (unpaired) electrons. The summed E-state index contributed by atoms with van der Waals surface area (Å²) in [5, 5.41) is 15.3. The van der Waals surface area contributed by atoms with Gasteiger partial charge in [0.1, 0.15) is 11.5 Å². The average Bonchev–Trinajstić information content (AvgIpc) is 3.74. The lowest BCUT2D eigenvalue weighted by molar-refractivity contribution is -0.143. The van der Waals surface area contributed by atoms with Crippen LogP contribution in [0.2, 0.25) is 0 Å². The van der Waals surface area contributed by atoms with Crippen molar-refractivity contribution in [3.05, 3.63) is 132 Å². The second kappa shape index (κ2) is 13.4. The number of aliphatic hydroxyl groups is 1. The molecule has 0 spiro atoms. The average molecular weight is 600 g/mol. The van der Waals surface area contributed by atoms with Crippen molar-refractivity contribution in [2.45, 2.75) is 51.0 Å². The lowest BCUT2D eigenvalue weighted by Crippen LogP contribution is -2.15. The number of nitrogens with zero attached hydrogens (tertiary/aromatic N) is 1. The Balaban J connectivity index is 1.09. The summed E-state index contributed by atoms with van der Waals surface area (Å²) in [6.45, 7) is 4.11. The predicted octanol–water partition coefficient (Wildman–Crippen LogP) is 9.23. The van der Waals surface area contributed by atoms with Gasteiger partial charge in [0, 0.05) is 11.0 Å². The summed E-state index contributed by atoms with van der Waals surface area (Å²) in [5.41, 5.74) is 6.51. The van der Waals surface area contributed by atoms with E-state index in [0.29, 0.717) is 36.5 Å². The van der Waals surface area contributed by atoms with Gasteiger partial charge in [0.2, 0.25) is 0 Å². The van der Waals surface area contributed by atoms with Crippen LogP contribution in [-0.4, -0.2) is 22.8 Å². The molecule has 4 aromatic carbocycles. The van der Waals surface area contributed by atoms with E-state index in [9.17, 15) is 9.90 Å². The van der Waals surface area contributed by atoms with E-state index in [1.165, 1.54) is 5.56 Å². The van der Waals surface area contributed by atoms with Gasteiger partial charge in [0.05, 0.1) is 30.4 Å². The number of carbonyl (C=O) groups excluding carboxylic acids is 1. The van der Waals surface area contributed by atoms with Crippen molar-refractivity contribution in [3.8, 4) is 33.9 Å². The van der Waals surface area contributed by atoms with Crippen LogP contribution in [0, 0.1) is 6.92 Å². The molecular formula is C39H37NO5. The number of aryl methyl sites for hydroxylation is 1. The minimum absolute atomic E-state index is 0.0761. The van der Waals surface area contributed by atoms with Crippen molar-refractivity contribution in [2.75, 3.05) is 6.61 Å². The molecule has 228 valence electrons. The molecule has 6 nitrogen and oxygen atoms in total. The number of hydrogen-bond donors (Lipinski definition) is 1. The molecule has 6 rings (SSSR count). The van der Waals surface area contributed by atoms with E-state index in [-0.39, 0.29) is 11.4 Å². The first-order valence-corrected chi connectivity index (χ1v) is 15.4. The molecule has 45 heavy (non-hydrogen) atoms. The van der Waals surface area contributed by atoms with Gasteiger partial charge in [0.25, 0.3) is 0 Å². The third kappa shape index (κ3) is 7.08. The van der Waals surface area contributed by atoms with E-state index in [2.05, 4.69) is 41.6 Å². The number of benzene rings is 4. The molecule has 1 aromatic heterocycles. The number of hydrogen-bond acceptors (Lipinski definition) is 6. The fourth-order valence-electron chi connectivity index (χ4n) is 5.74. The van der Waals surface area contributed by atoms with Crippen LogP contribution in [0.15, 0.2) is 114 Å². The fourth-order valence-corrected chi connectivity index (χ4v) is 5.74. The summed E-state index contributed by atoms with van der Waals surface area (Å²) >= 11 is 0. The molecule has 1 fully saturated rings. The molecule has 0 saturated heterocycles. The first-order valence-electron chi connectivity index (χ1n) is 15.4. The molecule has 1 atom stereocenters. The van der Waals surface area contributed by atoms with Gasteiger partial charge in [-0.1, -0.05) is 96.2 Å². The molecule has 1 heterocycles. The molecular weight excluding hydrogens is 562 g/mol. The zero-order valence-corrected chi connectivity index (χ0v) is 25.6. The zero-order valence-electron chi connectivity index (χ0n) is 25.6. The maximum atomic E-state index is 12.1. The molecule has 1 aliphatic rings. The zero-order chi connectivity index (χ0) is 31.2. The second-order valence-electron chi connectivity index (χ2n) is 11.6. The van der Waals surface area contributed by atoms with E-state index < -0.39 is 6.10 Å². The Morgan fingerprint density at radius 2 is 1.51 bits per heavy atom. The summed E-state index contributed by atoms with van der Waals surface area (Å²) < 4.78 is 16.8. The SMILES string of the molecule is CCOC(=O)CC1(c2ccc(-c3ccc(-c4onc(C)c4C(O)C/C=C/c4ccc(Oc5ccccc5)cc4)cc3)cc2)CC1. The standard InChI is InChI=1S/C39H37NO5/c1-3-43-36(42)26-39(24-25-39)32-20-18-30(19-21-32)29-14-16-31(17-15-29)38-37(27(2)40-45-38)35(41)11-7-8-28-12-22-34(23-13-28)44-33-9-5-4-6-10-33/h4-10,12-23,35,41H,3,11,24-26H2,1-2H3/b8-7+. The number of para-hydroxylation sites is 1. The first-order chi connectivity index (χ1) is 21.9. The van der Waals surface area contributed by atoms with Crippen LogP contribution >= 0.6 is 0 Å². The molecule has 1 aliphatic carbocycles. The van der Waals surface area contributed by atoms with Crippen LogP contribution in [0.3, 0.4) is 0 Å². The van der Waals surface area contributed by atoms with E-state index in [1.807, 2.05) is 92.7 Å². The summed E-state index contributed by atoms with van der Waals surface area (Å²) in [6.07, 6.45) is 6.06. The van der Waals surface area contributed by atoms with Crippen molar-refractivity contribution in [1.29, 1.82) is 0 Å². The van der Waals surface area contributed by atoms with E-state index in [4.69, 9.17) is 14.0 Å². The highest BCUT2D eigenvalue weighted by atomic mass is 16.5. The monoisotopic (exact) mass is 599 g/mol. The number of carbonyl (C=O) groups is 1. The van der Waals surface area contributed by atoms with Crippen molar-refractivity contribution >= 4 is 12.0 Å². The Morgan fingerprint density at radius 1 is 0.889 bits per heavy atom. The van der Waals surface area contributed by atoms with Crippen molar-refractivity contribution in [1.82, 2.24) is 5.16 Å². The van der Waals surface area contributed by atoms with Gasteiger partial charge >= 0.3 is 5.97 Å². The Bertz CT molecular complexity index is 1750. The summed E-state index contributed by atoms with van der Waals surface area (Å²) in [6, 6.07) is 34.1. The lowest BCUT2D eigenvalue weighted by Gasteiger charge is -2.15. The maximum Gasteiger partial charge on any atom is 0.306 e. The quantitative estimate of drug-likeness (QED) is 0.144. The van der Waals surface area contributed by atoms with Crippen LogP contribution in [0.5, 0.6) is 11.5 Å². The number of aromatic nitrogens is 1. The highest BCUT2D eigenvalue weighted by Gasteiger charge is 2.46. The highest BCUT2D eigenvalue weighted by Crippen LogP contribution is 2.51. The normalized spacial score (nSPS) is 14.3. The predicted molar refractivity (Wildman–Crippen MR) is 176 cm³/mol. The third-order valence-electron chi connectivity index (χ3n) is 8.39. The van der Waals surface area contributed by atoms with Gasteiger partial charge in [-0.05, 0) is 79.6 Å².